The van der Waals surface area contributed by atoms with Crippen molar-refractivity contribution in [2.75, 3.05) is 17.1 Å². The van der Waals surface area contributed by atoms with Crippen molar-refractivity contribution in [2.24, 2.45) is 0 Å². The molecule has 41 heavy (non-hydrogen) atoms. The van der Waals surface area contributed by atoms with Crippen LogP contribution < -0.4 is 9.62 Å². The molecule has 218 valence electrons. The van der Waals surface area contributed by atoms with Crippen molar-refractivity contribution in [3.8, 4) is 0 Å². The number of halogens is 2. The maximum absolute atomic E-state index is 14.2. The zero-order valence-corrected chi connectivity index (χ0v) is 25.6. The number of amides is 2. The number of benzene rings is 3. The minimum Gasteiger partial charge on any atom is -0.352 e. The predicted octanol–water partition coefficient (Wildman–Crippen LogP) is 5.77. The van der Waals surface area contributed by atoms with Gasteiger partial charge in [0.2, 0.25) is 21.8 Å². The summed E-state index contributed by atoms with van der Waals surface area (Å²) in [5.41, 5.74) is 2.58. The van der Waals surface area contributed by atoms with Gasteiger partial charge in [-0.1, -0.05) is 90.6 Å². The van der Waals surface area contributed by atoms with E-state index in [9.17, 15) is 18.0 Å². The van der Waals surface area contributed by atoms with Crippen molar-refractivity contribution in [1.29, 1.82) is 0 Å². The quantitative estimate of drug-likeness (QED) is 0.297. The molecule has 0 spiro atoms. The highest BCUT2D eigenvalue weighted by Gasteiger charge is 2.34. The zero-order chi connectivity index (χ0) is 29.6. The molecule has 3 aromatic carbocycles. The lowest BCUT2D eigenvalue weighted by atomic mass is 10.0. The highest BCUT2D eigenvalue weighted by Crippen LogP contribution is 2.27. The number of hydrogen-bond acceptors (Lipinski definition) is 4. The van der Waals surface area contributed by atoms with Gasteiger partial charge in [-0.25, -0.2) is 8.42 Å². The van der Waals surface area contributed by atoms with Crippen LogP contribution in [0.5, 0.6) is 0 Å². The number of nitrogens with zero attached hydrogens (tertiary/aromatic N) is 2. The van der Waals surface area contributed by atoms with E-state index in [2.05, 4.69) is 5.32 Å². The third-order valence-electron chi connectivity index (χ3n) is 7.39. The minimum absolute atomic E-state index is 0.0281. The molecule has 0 unspecified atom stereocenters. The Balaban J connectivity index is 1.74. The number of sulfonamides is 1. The average Bonchev–Trinajstić information content (AvgIpc) is 3.44. The number of carbonyl (C=O) groups excluding carboxylic acids is 2. The largest absolute Gasteiger partial charge is 0.352 e. The fraction of sp³-hybridized carbons (Fsp3) is 0.355. The van der Waals surface area contributed by atoms with Crippen LogP contribution in [0.15, 0.2) is 72.8 Å². The van der Waals surface area contributed by atoms with Crippen molar-refractivity contribution in [1.82, 2.24) is 10.2 Å². The molecule has 7 nitrogen and oxygen atoms in total. The van der Waals surface area contributed by atoms with E-state index >= 15 is 0 Å². The standard InChI is InChI=1S/C31H35Cl2N3O4S/c1-22-16-17-26(19-28(22)33)36(41(2,39)40)21-30(37)35(20-24-12-6-9-15-27(24)32)29(18-23-10-4-3-5-11-23)31(38)34-25-13-7-8-14-25/h3-6,9-12,15-17,19,25,29H,7-8,13-14,18,20-21H2,1-2H3,(H,34,38)/t29-/m1/s1. The molecule has 0 radical (unpaired) electrons. The molecule has 10 heteroatoms. The van der Waals surface area contributed by atoms with Gasteiger partial charge in [0.15, 0.2) is 0 Å². The first-order valence-corrected chi connectivity index (χ1v) is 16.2. The van der Waals surface area contributed by atoms with Crippen molar-refractivity contribution in [3.63, 3.8) is 0 Å². The third-order valence-corrected chi connectivity index (χ3v) is 9.31. The van der Waals surface area contributed by atoms with Gasteiger partial charge < -0.3 is 10.2 Å². The van der Waals surface area contributed by atoms with Gasteiger partial charge >= 0.3 is 0 Å². The monoisotopic (exact) mass is 615 g/mol. The Hall–Kier alpha value is -3.07. The van der Waals surface area contributed by atoms with Crippen LogP contribution in [0.3, 0.4) is 0 Å². The van der Waals surface area contributed by atoms with E-state index in [1.165, 1.54) is 11.0 Å². The second-order valence-electron chi connectivity index (χ2n) is 10.5. The summed E-state index contributed by atoms with van der Waals surface area (Å²) in [5, 5.41) is 3.98. The van der Waals surface area contributed by atoms with Crippen LogP contribution in [-0.4, -0.2) is 50.0 Å². The van der Waals surface area contributed by atoms with E-state index in [1.807, 2.05) is 43.3 Å². The van der Waals surface area contributed by atoms with Gasteiger partial charge in [-0.15, -0.1) is 0 Å². The molecule has 1 saturated carbocycles. The van der Waals surface area contributed by atoms with E-state index < -0.39 is 28.5 Å². The molecule has 2 amide bonds. The molecule has 0 aromatic heterocycles. The first kappa shape index (κ1) is 30.9. The molecule has 1 aliphatic carbocycles. The first-order chi connectivity index (χ1) is 19.5. The Kier molecular flexibility index (Phi) is 10.3. The lowest BCUT2D eigenvalue weighted by Gasteiger charge is -2.34. The lowest BCUT2D eigenvalue weighted by molar-refractivity contribution is -0.140. The Labute approximate surface area is 252 Å². The topological polar surface area (TPSA) is 86.8 Å². The fourth-order valence-electron chi connectivity index (χ4n) is 5.08. The molecule has 0 saturated heterocycles. The summed E-state index contributed by atoms with van der Waals surface area (Å²) in [5.74, 6) is -0.806. The summed E-state index contributed by atoms with van der Waals surface area (Å²) < 4.78 is 26.9. The normalized spacial score (nSPS) is 14.4. The van der Waals surface area contributed by atoms with E-state index in [0.29, 0.717) is 15.6 Å². The summed E-state index contributed by atoms with van der Waals surface area (Å²) >= 11 is 12.8. The first-order valence-electron chi connectivity index (χ1n) is 13.6. The van der Waals surface area contributed by atoms with Crippen molar-refractivity contribution >= 4 is 50.7 Å². The minimum atomic E-state index is -3.88. The van der Waals surface area contributed by atoms with Crippen LogP contribution in [0.2, 0.25) is 10.0 Å². The number of aryl methyl sites for hydroxylation is 1. The van der Waals surface area contributed by atoms with E-state index in [-0.39, 0.29) is 30.6 Å². The second-order valence-corrected chi connectivity index (χ2v) is 13.2. The Bertz CT molecular complexity index is 1480. The smallest absolute Gasteiger partial charge is 0.244 e. The van der Waals surface area contributed by atoms with Crippen molar-refractivity contribution in [2.45, 2.75) is 57.7 Å². The van der Waals surface area contributed by atoms with Gasteiger partial charge in [0.05, 0.1) is 11.9 Å². The highest BCUT2D eigenvalue weighted by molar-refractivity contribution is 7.92. The SMILES string of the molecule is Cc1ccc(N(CC(=O)N(Cc2ccccc2Cl)[C@H](Cc2ccccc2)C(=O)NC2CCCC2)S(C)(=O)=O)cc1Cl. The Morgan fingerprint density at radius 2 is 1.61 bits per heavy atom. The molecule has 0 bridgehead atoms. The van der Waals surface area contributed by atoms with Gasteiger partial charge in [-0.2, -0.15) is 0 Å². The van der Waals surface area contributed by atoms with Crippen LogP contribution in [0, 0.1) is 6.92 Å². The summed E-state index contributed by atoms with van der Waals surface area (Å²) in [6, 6.07) is 20.6. The summed E-state index contributed by atoms with van der Waals surface area (Å²) in [6.45, 7) is 1.33. The summed E-state index contributed by atoms with van der Waals surface area (Å²) in [4.78, 5) is 29.5. The maximum Gasteiger partial charge on any atom is 0.244 e. The second kappa shape index (κ2) is 13.7. The number of hydrogen-bond donors (Lipinski definition) is 1. The van der Waals surface area contributed by atoms with Gasteiger partial charge in [-0.3, -0.25) is 13.9 Å². The summed E-state index contributed by atoms with van der Waals surface area (Å²) in [6.07, 6.45) is 5.15. The molecule has 0 aliphatic heterocycles. The molecule has 1 aliphatic rings. The van der Waals surface area contributed by atoms with Crippen LogP contribution in [0.4, 0.5) is 5.69 Å². The summed E-state index contributed by atoms with van der Waals surface area (Å²) in [7, 11) is -3.88. The van der Waals surface area contributed by atoms with Gasteiger partial charge in [-0.05, 0) is 54.7 Å². The van der Waals surface area contributed by atoms with Crippen LogP contribution in [0.25, 0.3) is 0 Å². The number of rotatable bonds is 11. The average molecular weight is 617 g/mol. The molecule has 1 fully saturated rings. The van der Waals surface area contributed by atoms with Crippen molar-refractivity contribution < 1.29 is 18.0 Å². The highest BCUT2D eigenvalue weighted by atomic mass is 35.5. The fourth-order valence-corrected chi connectivity index (χ4v) is 6.29. The van der Waals surface area contributed by atoms with Gasteiger partial charge in [0.1, 0.15) is 12.6 Å². The number of anilines is 1. The van der Waals surface area contributed by atoms with Gasteiger partial charge in [0.25, 0.3) is 0 Å². The molecule has 1 atom stereocenters. The van der Waals surface area contributed by atoms with Crippen LogP contribution >= 0.6 is 23.2 Å². The molecule has 4 rings (SSSR count). The number of nitrogens with one attached hydrogen (secondary N) is 1. The van der Waals surface area contributed by atoms with Crippen molar-refractivity contribution in [3.05, 3.63) is 99.5 Å². The molecular formula is C31H35Cl2N3O4S. The predicted molar refractivity (Wildman–Crippen MR) is 165 cm³/mol. The van der Waals surface area contributed by atoms with Crippen LogP contribution in [0.1, 0.15) is 42.4 Å². The van der Waals surface area contributed by atoms with Gasteiger partial charge in [0, 0.05) is 29.1 Å². The van der Waals surface area contributed by atoms with Crippen LogP contribution in [-0.2, 0) is 32.6 Å². The Morgan fingerprint density at radius 1 is 0.951 bits per heavy atom. The zero-order valence-electron chi connectivity index (χ0n) is 23.2. The molecule has 0 heterocycles. The van der Waals surface area contributed by atoms with E-state index in [4.69, 9.17) is 23.2 Å². The molecule has 1 N–H and O–H groups in total. The van der Waals surface area contributed by atoms with E-state index in [0.717, 1.165) is 47.4 Å². The third kappa shape index (κ3) is 8.24. The molecule has 3 aromatic rings. The van der Waals surface area contributed by atoms with E-state index in [1.54, 1.807) is 30.3 Å². The lowest BCUT2D eigenvalue weighted by Crippen LogP contribution is -2.54. The molecular weight excluding hydrogens is 581 g/mol. The maximum atomic E-state index is 14.2. The number of carbonyl (C=O) groups is 2. The Morgan fingerprint density at radius 3 is 2.24 bits per heavy atom.